The van der Waals surface area contributed by atoms with Crippen molar-refractivity contribution < 1.29 is 4.79 Å². The van der Waals surface area contributed by atoms with Crippen LogP contribution < -0.4 is 0 Å². The number of carbonyl (C=O) groups is 1. The summed E-state index contributed by atoms with van der Waals surface area (Å²) in [5.74, 6) is 0.713. The predicted molar refractivity (Wildman–Crippen MR) is 41.8 cm³/mol. The summed E-state index contributed by atoms with van der Waals surface area (Å²) in [6.45, 7) is 2.06. The van der Waals surface area contributed by atoms with Gasteiger partial charge in [0.2, 0.25) is 0 Å². The first-order valence-corrected chi connectivity index (χ1v) is 3.96. The van der Waals surface area contributed by atoms with E-state index in [-0.39, 0.29) is 0 Å². The summed E-state index contributed by atoms with van der Waals surface area (Å²) >= 11 is 0. The van der Waals surface area contributed by atoms with Gasteiger partial charge in [-0.05, 0) is 31.8 Å². The van der Waals surface area contributed by atoms with E-state index in [0.29, 0.717) is 5.92 Å². The third kappa shape index (κ3) is 1.69. The van der Waals surface area contributed by atoms with Crippen LogP contribution in [-0.4, -0.2) is 6.29 Å². The molecule has 1 nitrogen and oxygen atoms in total. The molecule has 0 spiro atoms. The Morgan fingerprint density at radius 3 is 2.50 bits per heavy atom. The van der Waals surface area contributed by atoms with Crippen LogP contribution in [0.5, 0.6) is 0 Å². The fourth-order valence-corrected chi connectivity index (χ4v) is 1.62. The largest absolute Gasteiger partial charge is 0.299 e. The summed E-state index contributed by atoms with van der Waals surface area (Å²) in [6, 6.07) is 0. The normalized spacial score (nSPS) is 21.5. The zero-order chi connectivity index (χ0) is 7.40. The van der Waals surface area contributed by atoms with Crippen molar-refractivity contribution in [3.05, 3.63) is 11.6 Å². The van der Waals surface area contributed by atoms with Crippen molar-refractivity contribution in [1.82, 2.24) is 0 Å². The molecule has 56 valence electrons. The molecule has 0 heterocycles. The van der Waals surface area contributed by atoms with E-state index in [0.717, 1.165) is 6.29 Å². The van der Waals surface area contributed by atoms with Gasteiger partial charge in [-0.15, -0.1) is 0 Å². The van der Waals surface area contributed by atoms with Crippen LogP contribution in [-0.2, 0) is 4.79 Å². The molecule has 1 aliphatic carbocycles. The van der Waals surface area contributed by atoms with Gasteiger partial charge in [0.15, 0.2) is 0 Å². The molecule has 10 heavy (non-hydrogen) atoms. The lowest BCUT2D eigenvalue weighted by Gasteiger charge is -2.06. The number of carbonyl (C=O) groups excluding carboxylic acids is 1. The Kier molecular flexibility index (Phi) is 2.67. The summed E-state index contributed by atoms with van der Waals surface area (Å²) in [4.78, 5) is 10.1. The average Bonchev–Trinajstić information content (AvgIpc) is 2.38. The lowest BCUT2D eigenvalue weighted by molar-refractivity contribution is -0.104. The molecule has 0 aromatic carbocycles. The Labute approximate surface area is 62.1 Å². The standard InChI is InChI=1S/C9H14O/c1-8(6-7-10)9-4-2-3-5-9/h6-7,9H,2-5H2,1H3/b8-6+. The average molecular weight is 138 g/mol. The molecule has 0 amide bonds. The van der Waals surface area contributed by atoms with Gasteiger partial charge in [-0.2, -0.15) is 0 Å². The highest BCUT2D eigenvalue weighted by molar-refractivity contribution is 5.66. The van der Waals surface area contributed by atoms with Crippen LogP contribution in [0.2, 0.25) is 0 Å². The highest BCUT2D eigenvalue weighted by Crippen LogP contribution is 2.30. The molecule has 0 aliphatic heterocycles. The number of rotatable bonds is 2. The van der Waals surface area contributed by atoms with E-state index in [2.05, 4.69) is 6.92 Å². The maximum Gasteiger partial charge on any atom is 0.142 e. The topological polar surface area (TPSA) is 17.1 Å². The minimum atomic E-state index is 0.713. The maximum atomic E-state index is 10.1. The van der Waals surface area contributed by atoms with Crippen LogP contribution in [0.15, 0.2) is 11.6 Å². The van der Waals surface area contributed by atoms with Crippen molar-refractivity contribution in [2.75, 3.05) is 0 Å². The second-order valence-electron chi connectivity index (χ2n) is 3.03. The lowest BCUT2D eigenvalue weighted by atomic mass is 9.99. The number of hydrogen-bond acceptors (Lipinski definition) is 1. The minimum Gasteiger partial charge on any atom is -0.299 e. The van der Waals surface area contributed by atoms with Crippen molar-refractivity contribution in [1.29, 1.82) is 0 Å². The first-order chi connectivity index (χ1) is 4.84. The first-order valence-electron chi connectivity index (χ1n) is 3.96. The van der Waals surface area contributed by atoms with Crippen LogP contribution in [0.1, 0.15) is 32.6 Å². The van der Waals surface area contributed by atoms with E-state index >= 15 is 0 Å². The molecule has 1 aliphatic rings. The van der Waals surface area contributed by atoms with E-state index < -0.39 is 0 Å². The molecule has 0 aromatic heterocycles. The molecular formula is C9H14O. The highest BCUT2D eigenvalue weighted by atomic mass is 16.1. The molecule has 1 saturated carbocycles. The van der Waals surface area contributed by atoms with E-state index in [9.17, 15) is 4.79 Å². The third-order valence-electron chi connectivity index (χ3n) is 2.33. The molecule has 0 saturated heterocycles. The molecule has 0 atom stereocenters. The molecule has 0 unspecified atom stereocenters. The smallest absolute Gasteiger partial charge is 0.142 e. The Balaban J connectivity index is 2.46. The SMILES string of the molecule is C/C(=C\C=O)C1CCCC1. The van der Waals surface area contributed by atoms with Gasteiger partial charge >= 0.3 is 0 Å². The van der Waals surface area contributed by atoms with Crippen molar-refractivity contribution >= 4 is 6.29 Å². The molecule has 1 fully saturated rings. The molecule has 1 rings (SSSR count). The fraction of sp³-hybridized carbons (Fsp3) is 0.667. The monoisotopic (exact) mass is 138 g/mol. The van der Waals surface area contributed by atoms with E-state index in [1.807, 2.05) is 0 Å². The van der Waals surface area contributed by atoms with Crippen molar-refractivity contribution in [2.45, 2.75) is 32.6 Å². The van der Waals surface area contributed by atoms with E-state index in [1.165, 1.54) is 31.3 Å². The van der Waals surface area contributed by atoms with E-state index in [1.54, 1.807) is 6.08 Å². The Morgan fingerprint density at radius 2 is 2.00 bits per heavy atom. The zero-order valence-corrected chi connectivity index (χ0v) is 6.47. The summed E-state index contributed by atoms with van der Waals surface area (Å²) < 4.78 is 0. The summed E-state index contributed by atoms with van der Waals surface area (Å²) in [5.41, 5.74) is 1.27. The van der Waals surface area contributed by atoms with Gasteiger partial charge in [-0.1, -0.05) is 18.4 Å². The van der Waals surface area contributed by atoms with E-state index in [4.69, 9.17) is 0 Å². The molecule has 0 aromatic rings. The molecule has 0 N–H and O–H groups in total. The predicted octanol–water partition coefficient (Wildman–Crippen LogP) is 2.32. The van der Waals surface area contributed by atoms with Gasteiger partial charge < -0.3 is 0 Å². The van der Waals surface area contributed by atoms with Crippen LogP contribution in [0.3, 0.4) is 0 Å². The fourth-order valence-electron chi connectivity index (χ4n) is 1.62. The van der Waals surface area contributed by atoms with Crippen molar-refractivity contribution in [2.24, 2.45) is 5.92 Å². The zero-order valence-electron chi connectivity index (χ0n) is 6.47. The second-order valence-corrected chi connectivity index (χ2v) is 3.03. The van der Waals surface area contributed by atoms with Crippen LogP contribution in [0.25, 0.3) is 0 Å². The van der Waals surface area contributed by atoms with Gasteiger partial charge in [0.1, 0.15) is 6.29 Å². The molecule has 0 bridgehead atoms. The Bertz CT molecular complexity index is 141. The summed E-state index contributed by atoms with van der Waals surface area (Å²) in [7, 11) is 0. The Hall–Kier alpha value is -0.590. The van der Waals surface area contributed by atoms with Gasteiger partial charge in [0.05, 0.1) is 0 Å². The molecule has 1 heteroatoms. The quantitative estimate of drug-likeness (QED) is 0.423. The second kappa shape index (κ2) is 3.55. The van der Waals surface area contributed by atoms with Gasteiger partial charge in [-0.3, -0.25) is 4.79 Å². The molecular weight excluding hydrogens is 124 g/mol. The highest BCUT2D eigenvalue weighted by Gasteiger charge is 2.15. The van der Waals surface area contributed by atoms with Gasteiger partial charge in [0.25, 0.3) is 0 Å². The van der Waals surface area contributed by atoms with Crippen LogP contribution >= 0.6 is 0 Å². The van der Waals surface area contributed by atoms with Crippen LogP contribution in [0, 0.1) is 5.92 Å². The minimum absolute atomic E-state index is 0.713. The third-order valence-corrected chi connectivity index (χ3v) is 2.33. The lowest BCUT2D eigenvalue weighted by Crippen LogP contribution is -1.94. The molecule has 0 radical (unpaired) electrons. The summed E-state index contributed by atoms with van der Waals surface area (Å²) in [5, 5.41) is 0. The number of allylic oxidation sites excluding steroid dienone is 2. The number of aldehydes is 1. The Morgan fingerprint density at radius 1 is 1.40 bits per heavy atom. The van der Waals surface area contributed by atoms with Gasteiger partial charge in [-0.25, -0.2) is 0 Å². The van der Waals surface area contributed by atoms with Crippen molar-refractivity contribution in [3.8, 4) is 0 Å². The van der Waals surface area contributed by atoms with Gasteiger partial charge in [0, 0.05) is 0 Å². The number of hydrogen-bond donors (Lipinski definition) is 0. The first kappa shape index (κ1) is 7.52. The van der Waals surface area contributed by atoms with Crippen LogP contribution in [0.4, 0.5) is 0 Å². The van der Waals surface area contributed by atoms with Crippen molar-refractivity contribution in [3.63, 3.8) is 0 Å². The maximum absolute atomic E-state index is 10.1. The summed E-state index contributed by atoms with van der Waals surface area (Å²) in [6.07, 6.45) is 7.86.